The van der Waals surface area contributed by atoms with Gasteiger partial charge in [-0.15, -0.1) is 0 Å². The molecule has 0 aliphatic heterocycles. The first kappa shape index (κ1) is 17.9. The van der Waals surface area contributed by atoms with Crippen molar-refractivity contribution >= 4 is 29.0 Å². The Balaban J connectivity index is 1.91. The third-order valence-electron chi connectivity index (χ3n) is 4.14. The Bertz CT molecular complexity index is 1140. The van der Waals surface area contributed by atoms with Crippen LogP contribution in [0.4, 0.5) is 8.78 Å². The van der Waals surface area contributed by atoms with Crippen LogP contribution in [0.3, 0.4) is 0 Å². The number of carbonyl (C=O) groups excluding carboxylic acids is 1. The average molecular weight is 375 g/mol. The maximum absolute atomic E-state index is 13.8. The van der Waals surface area contributed by atoms with Crippen molar-refractivity contribution in [2.75, 3.05) is 0 Å². The minimum Gasteiger partial charge on any atom is -0.345 e. The molecule has 26 heavy (non-hydrogen) atoms. The number of carbonyl (C=O) groups is 1. The molecular weight excluding hydrogens is 360 g/mol. The van der Waals surface area contributed by atoms with Gasteiger partial charge >= 0.3 is 0 Å². The number of fused-ring (bicyclic) bond motifs is 1. The van der Waals surface area contributed by atoms with Gasteiger partial charge in [-0.3, -0.25) is 14.2 Å². The fourth-order valence-corrected chi connectivity index (χ4v) is 2.85. The number of aromatic nitrogens is 2. The zero-order valence-corrected chi connectivity index (χ0v) is 14.8. The van der Waals surface area contributed by atoms with Gasteiger partial charge in [-0.05, 0) is 43.4 Å². The van der Waals surface area contributed by atoms with Crippen LogP contribution in [0, 0.1) is 16.4 Å². The summed E-state index contributed by atoms with van der Waals surface area (Å²) in [6.45, 7) is 1.60. The van der Waals surface area contributed by atoms with Crippen LogP contribution >= 0.6 is 12.2 Å². The number of nitrogens with zero attached hydrogens (tertiary/aromatic N) is 1. The lowest BCUT2D eigenvalue weighted by molar-refractivity contribution is 0.0939. The molecule has 0 spiro atoms. The number of halogens is 2. The van der Waals surface area contributed by atoms with E-state index in [1.807, 2.05) is 0 Å². The third-order valence-corrected chi connectivity index (χ3v) is 4.52. The van der Waals surface area contributed by atoms with Crippen LogP contribution in [0.15, 0.2) is 41.2 Å². The number of nitrogens with one attached hydrogen (secondary N) is 2. The molecule has 0 aliphatic carbocycles. The molecule has 1 aromatic heterocycles. The van der Waals surface area contributed by atoms with E-state index in [1.54, 1.807) is 14.0 Å². The molecule has 5 nitrogen and oxygen atoms in total. The van der Waals surface area contributed by atoms with E-state index >= 15 is 0 Å². The molecule has 2 N–H and O–H groups in total. The molecule has 134 valence electrons. The average Bonchev–Trinajstić information content (AvgIpc) is 2.59. The number of amides is 1. The van der Waals surface area contributed by atoms with Gasteiger partial charge in [0.2, 0.25) is 0 Å². The molecule has 0 radical (unpaired) electrons. The van der Waals surface area contributed by atoms with Gasteiger partial charge in [0.15, 0.2) is 4.77 Å². The van der Waals surface area contributed by atoms with Crippen LogP contribution in [0.1, 0.15) is 28.9 Å². The van der Waals surface area contributed by atoms with Crippen LogP contribution in [0.25, 0.3) is 10.9 Å². The van der Waals surface area contributed by atoms with Gasteiger partial charge < -0.3 is 10.3 Å². The fraction of sp³-hybridized carbons (Fsp3) is 0.167. The number of rotatable bonds is 3. The maximum atomic E-state index is 13.8. The first-order chi connectivity index (χ1) is 12.3. The van der Waals surface area contributed by atoms with Gasteiger partial charge in [-0.1, -0.05) is 6.07 Å². The van der Waals surface area contributed by atoms with Crippen molar-refractivity contribution in [3.8, 4) is 0 Å². The SMILES string of the molecule is C[C@@H](NC(=O)c1ccc2c(=O)n(C)c(=S)[nH]c2c1)c1ccc(F)cc1F. The number of hydrogen-bond donors (Lipinski definition) is 2. The van der Waals surface area contributed by atoms with E-state index in [0.717, 1.165) is 12.1 Å². The number of benzene rings is 2. The highest BCUT2D eigenvalue weighted by atomic mass is 32.1. The van der Waals surface area contributed by atoms with E-state index in [4.69, 9.17) is 12.2 Å². The van der Waals surface area contributed by atoms with Gasteiger partial charge in [-0.25, -0.2) is 8.78 Å². The largest absolute Gasteiger partial charge is 0.345 e. The number of H-pyrrole nitrogens is 1. The highest BCUT2D eigenvalue weighted by Crippen LogP contribution is 2.19. The summed E-state index contributed by atoms with van der Waals surface area (Å²) in [6, 6.07) is 7.06. The van der Waals surface area contributed by atoms with Gasteiger partial charge in [0.1, 0.15) is 11.6 Å². The van der Waals surface area contributed by atoms with Gasteiger partial charge in [0.25, 0.3) is 11.5 Å². The second-order valence-corrected chi connectivity index (χ2v) is 6.30. The van der Waals surface area contributed by atoms with Crippen LogP contribution in [0.5, 0.6) is 0 Å². The lowest BCUT2D eigenvalue weighted by atomic mass is 10.1. The molecule has 0 saturated carbocycles. The van der Waals surface area contributed by atoms with Crippen molar-refractivity contribution in [1.82, 2.24) is 14.9 Å². The smallest absolute Gasteiger partial charge is 0.261 e. The second-order valence-electron chi connectivity index (χ2n) is 5.92. The molecule has 2 aromatic carbocycles. The van der Waals surface area contributed by atoms with E-state index in [0.29, 0.717) is 10.9 Å². The van der Waals surface area contributed by atoms with Crippen LogP contribution in [-0.4, -0.2) is 15.5 Å². The Kier molecular flexibility index (Phi) is 4.69. The van der Waals surface area contributed by atoms with E-state index in [1.165, 1.54) is 28.8 Å². The normalized spacial score (nSPS) is 12.2. The van der Waals surface area contributed by atoms with Crippen LogP contribution < -0.4 is 10.9 Å². The van der Waals surface area contributed by atoms with E-state index < -0.39 is 23.6 Å². The Hall–Kier alpha value is -2.87. The molecule has 3 rings (SSSR count). The lowest BCUT2D eigenvalue weighted by Gasteiger charge is -2.15. The zero-order valence-electron chi connectivity index (χ0n) is 14.0. The first-order valence-electron chi connectivity index (χ1n) is 7.77. The van der Waals surface area contributed by atoms with Gasteiger partial charge in [-0.2, -0.15) is 0 Å². The summed E-state index contributed by atoms with van der Waals surface area (Å²) in [5, 5.41) is 3.05. The van der Waals surface area contributed by atoms with Gasteiger partial charge in [0.05, 0.1) is 16.9 Å². The molecule has 0 aliphatic rings. The molecule has 3 aromatic rings. The first-order valence-corrected chi connectivity index (χ1v) is 8.17. The molecule has 0 saturated heterocycles. The van der Waals surface area contributed by atoms with Crippen molar-refractivity contribution < 1.29 is 13.6 Å². The quantitative estimate of drug-likeness (QED) is 0.690. The van der Waals surface area contributed by atoms with Crippen molar-refractivity contribution in [2.24, 2.45) is 7.05 Å². The highest BCUT2D eigenvalue weighted by Gasteiger charge is 2.16. The molecule has 0 unspecified atom stereocenters. The van der Waals surface area contributed by atoms with Crippen molar-refractivity contribution in [2.45, 2.75) is 13.0 Å². The summed E-state index contributed by atoms with van der Waals surface area (Å²) in [5.74, 6) is -1.87. The monoisotopic (exact) mass is 375 g/mol. The predicted octanol–water partition coefficient (Wildman–Crippen LogP) is 3.37. The molecular formula is C18H15F2N3O2S. The fourth-order valence-electron chi connectivity index (χ4n) is 2.66. The molecule has 0 fully saturated rings. The highest BCUT2D eigenvalue weighted by molar-refractivity contribution is 7.71. The second kappa shape index (κ2) is 6.80. The Morgan fingerprint density at radius 2 is 1.96 bits per heavy atom. The predicted molar refractivity (Wildman–Crippen MR) is 96.6 cm³/mol. The molecule has 1 amide bonds. The number of aromatic amines is 1. The summed E-state index contributed by atoms with van der Waals surface area (Å²) in [6.07, 6.45) is 0. The van der Waals surface area contributed by atoms with E-state index in [9.17, 15) is 18.4 Å². The summed E-state index contributed by atoms with van der Waals surface area (Å²) in [5.41, 5.74) is 0.628. The van der Waals surface area contributed by atoms with Crippen molar-refractivity contribution in [3.05, 3.63) is 74.3 Å². The van der Waals surface area contributed by atoms with Crippen LogP contribution in [0.2, 0.25) is 0 Å². The summed E-state index contributed by atoms with van der Waals surface area (Å²) < 4.78 is 28.4. The molecule has 8 heteroatoms. The van der Waals surface area contributed by atoms with E-state index in [2.05, 4.69) is 10.3 Å². The molecule has 1 atom stereocenters. The van der Waals surface area contributed by atoms with Gasteiger partial charge in [0, 0.05) is 24.2 Å². The minimum atomic E-state index is -0.733. The van der Waals surface area contributed by atoms with Crippen LogP contribution in [-0.2, 0) is 7.05 Å². The number of hydrogen-bond acceptors (Lipinski definition) is 3. The summed E-state index contributed by atoms with van der Waals surface area (Å²) >= 11 is 5.07. The summed E-state index contributed by atoms with van der Waals surface area (Å²) in [4.78, 5) is 27.5. The summed E-state index contributed by atoms with van der Waals surface area (Å²) in [7, 11) is 1.56. The Morgan fingerprint density at radius 1 is 1.23 bits per heavy atom. The van der Waals surface area contributed by atoms with Crippen molar-refractivity contribution in [3.63, 3.8) is 0 Å². The Labute approximate surface area is 152 Å². The maximum Gasteiger partial charge on any atom is 0.261 e. The standard InChI is InChI=1S/C18H15F2N3O2S/c1-9(12-6-4-11(19)8-14(12)20)21-16(24)10-3-5-13-15(7-10)22-18(26)23(2)17(13)25/h3-9H,1-2H3,(H,21,24)(H,22,26)/t9-/m1/s1. The Morgan fingerprint density at radius 3 is 2.65 bits per heavy atom. The lowest BCUT2D eigenvalue weighted by Crippen LogP contribution is -2.27. The van der Waals surface area contributed by atoms with E-state index in [-0.39, 0.29) is 21.5 Å². The molecule has 0 bridgehead atoms. The zero-order chi connectivity index (χ0) is 19.0. The minimum absolute atomic E-state index is 0.175. The molecule has 1 heterocycles. The van der Waals surface area contributed by atoms with Crippen molar-refractivity contribution in [1.29, 1.82) is 0 Å². The topological polar surface area (TPSA) is 66.9 Å². The third kappa shape index (κ3) is 3.28.